The molecule has 5 heteroatoms. The Morgan fingerprint density at radius 3 is 2.78 bits per heavy atom. The third-order valence-corrected chi connectivity index (χ3v) is 6.66. The molecule has 0 spiro atoms. The van der Waals surface area contributed by atoms with E-state index in [1.165, 1.54) is 18.4 Å². The molecule has 0 aromatic heterocycles. The summed E-state index contributed by atoms with van der Waals surface area (Å²) in [6.07, 6.45) is 4.68. The number of carbonyl (C=O) groups excluding carboxylic acids is 1. The third kappa shape index (κ3) is 6.72. The summed E-state index contributed by atoms with van der Waals surface area (Å²) in [4.78, 5) is 15.0. The quantitative estimate of drug-likeness (QED) is 0.416. The highest BCUT2D eigenvalue weighted by atomic mass is 127. The summed E-state index contributed by atoms with van der Waals surface area (Å²) < 4.78 is 2.39. The van der Waals surface area contributed by atoms with Gasteiger partial charge in [-0.3, -0.25) is 9.69 Å². The minimum Gasteiger partial charge on any atom is -0.300 e. The normalized spacial score (nSPS) is 19.8. The van der Waals surface area contributed by atoms with Crippen molar-refractivity contribution in [2.45, 2.75) is 45.1 Å². The average molecular weight is 446 g/mol. The minimum atomic E-state index is 0.390. The van der Waals surface area contributed by atoms with Gasteiger partial charge in [-0.1, -0.05) is 43.7 Å². The number of hydrogen-bond donors (Lipinski definition) is 0. The molecule has 1 aromatic carbocycles. The summed E-state index contributed by atoms with van der Waals surface area (Å²) in [5, 5.41) is 0. The molecular formula is C18H27IN2OS. The summed E-state index contributed by atoms with van der Waals surface area (Å²) >= 11 is 2.35. The van der Waals surface area contributed by atoms with Crippen LogP contribution < -0.4 is 0 Å². The van der Waals surface area contributed by atoms with E-state index in [9.17, 15) is 4.79 Å². The van der Waals surface area contributed by atoms with E-state index in [1.54, 1.807) is 9.12 Å². The Bertz CT molecular complexity index is 471. The van der Waals surface area contributed by atoms with Crippen molar-refractivity contribution in [3.8, 4) is 0 Å². The Morgan fingerprint density at radius 1 is 1.30 bits per heavy atom. The molecule has 0 saturated carbocycles. The number of benzene rings is 1. The molecule has 0 amide bonds. The zero-order valence-corrected chi connectivity index (χ0v) is 16.9. The van der Waals surface area contributed by atoms with Crippen molar-refractivity contribution in [3.63, 3.8) is 0 Å². The van der Waals surface area contributed by atoms with Crippen LogP contribution in [-0.2, 0) is 11.2 Å². The van der Waals surface area contributed by atoms with E-state index >= 15 is 0 Å². The average Bonchev–Trinajstić information content (AvgIpc) is 2.59. The lowest BCUT2D eigenvalue weighted by Crippen LogP contribution is -2.51. The lowest BCUT2D eigenvalue weighted by Gasteiger charge is -2.40. The van der Waals surface area contributed by atoms with Gasteiger partial charge in [-0.2, -0.15) is 0 Å². The van der Waals surface area contributed by atoms with Crippen molar-refractivity contribution in [3.05, 3.63) is 35.9 Å². The van der Waals surface area contributed by atoms with E-state index in [0.717, 1.165) is 32.6 Å². The van der Waals surface area contributed by atoms with Crippen LogP contribution in [0, 0.1) is 0 Å². The summed E-state index contributed by atoms with van der Waals surface area (Å²) in [6.45, 7) is 6.57. The maximum absolute atomic E-state index is 12.4. The number of aryl methyl sites for hydroxylation is 1. The second-order valence-electron chi connectivity index (χ2n) is 6.23. The number of hydrogen-bond acceptors (Lipinski definition) is 4. The van der Waals surface area contributed by atoms with E-state index in [-0.39, 0.29) is 0 Å². The van der Waals surface area contributed by atoms with Crippen LogP contribution in [0.3, 0.4) is 0 Å². The molecule has 2 rings (SSSR count). The van der Waals surface area contributed by atoms with Crippen LogP contribution in [0.5, 0.6) is 0 Å². The fraction of sp³-hybridized carbons (Fsp3) is 0.611. The summed E-state index contributed by atoms with van der Waals surface area (Å²) in [5.41, 5.74) is 1.26. The number of halogens is 1. The molecule has 1 heterocycles. The Hall–Kier alpha value is -0.110. The summed E-state index contributed by atoms with van der Waals surface area (Å²) in [5.74, 6) is 0.403. The SMILES string of the molecule is CCCCN1CCN(SI)CC1CC(=O)CCc1ccccc1. The number of piperazine rings is 1. The van der Waals surface area contributed by atoms with Crippen LogP contribution in [0.4, 0.5) is 0 Å². The van der Waals surface area contributed by atoms with Gasteiger partial charge >= 0.3 is 0 Å². The number of rotatable bonds is 9. The van der Waals surface area contributed by atoms with E-state index < -0.39 is 0 Å². The monoisotopic (exact) mass is 446 g/mol. The Morgan fingerprint density at radius 2 is 2.09 bits per heavy atom. The van der Waals surface area contributed by atoms with Gasteiger partial charge in [0.25, 0.3) is 0 Å². The van der Waals surface area contributed by atoms with Gasteiger partial charge in [0.1, 0.15) is 5.78 Å². The van der Waals surface area contributed by atoms with Crippen LogP contribution in [0.1, 0.15) is 38.2 Å². The highest BCUT2D eigenvalue weighted by Crippen LogP contribution is 2.25. The van der Waals surface area contributed by atoms with Crippen molar-refractivity contribution >= 4 is 36.1 Å². The maximum Gasteiger partial charge on any atom is 0.134 e. The standard InChI is InChI=1S/C18H27IN2OS/c1-2-3-11-20-12-13-21(23-19)15-17(20)14-18(22)10-9-16-7-5-4-6-8-16/h4-8,17H,2-3,9-15H2,1H3. The van der Waals surface area contributed by atoms with E-state index in [0.29, 0.717) is 24.7 Å². The second kappa shape index (κ2) is 10.7. The first-order valence-corrected chi connectivity index (χ1v) is 11.9. The zero-order valence-electron chi connectivity index (χ0n) is 13.9. The van der Waals surface area contributed by atoms with Gasteiger partial charge in [0.2, 0.25) is 0 Å². The molecule has 1 atom stereocenters. The Balaban J connectivity index is 1.84. The highest BCUT2D eigenvalue weighted by molar-refractivity contribution is 14.2. The van der Waals surface area contributed by atoms with E-state index in [4.69, 9.17) is 0 Å². The van der Waals surface area contributed by atoms with Crippen molar-refractivity contribution in [2.24, 2.45) is 0 Å². The fourth-order valence-corrected chi connectivity index (χ4v) is 4.52. The predicted octanol–water partition coefficient (Wildman–Crippen LogP) is 4.36. The van der Waals surface area contributed by atoms with Crippen LogP contribution in [0.2, 0.25) is 0 Å². The number of ketones is 1. The topological polar surface area (TPSA) is 23.6 Å². The molecule has 0 radical (unpaired) electrons. The molecule has 1 aliphatic heterocycles. The summed E-state index contributed by atoms with van der Waals surface area (Å²) in [7, 11) is 1.78. The molecule has 23 heavy (non-hydrogen) atoms. The third-order valence-electron chi connectivity index (χ3n) is 4.46. The molecule has 1 saturated heterocycles. The van der Waals surface area contributed by atoms with Crippen molar-refractivity contribution in [1.29, 1.82) is 0 Å². The number of carbonyl (C=O) groups is 1. The molecule has 0 bridgehead atoms. The van der Waals surface area contributed by atoms with Gasteiger partial charge in [-0.25, -0.2) is 4.31 Å². The summed E-state index contributed by atoms with van der Waals surface area (Å²) in [6, 6.07) is 10.7. The van der Waals surface area contributed by atoms with E-state index in [1.807, 2.05) is 18.2 Å². The van der Waals surface area contributed by atoms with E-state index in [2.05, 4.69) is 49.5 Å². The van der Waals surface area contributed by atoms with Gasteiger partial charge in [-0.05, 0) is 34.1 Å². The van der Waals surface area contributed by atoms with Gasteiger partial charge in [0.05, 0.1) is 0 Å². The molecular weight excluding hydrogens is 419 g/mol. The van der Waals surface area contributed by atoms with Gasteiger partial charge in [-0.15, -0.1) is 0 Å². The van der Waals surface area contributed by atoms with Crippen molar-refractivity contribution < 1.29 is 4.79 Å². The van der Waals surface area contributed by atoms with Gasteiger partial charge in [0.15, 0.2) is 0 Å². The predicted molar refractivity (Wildman–Crippen MR) is 108 cm³/mol. The van der Waals surface area contributed by atoms with Gasteiger partial charge < -0.3 is 0 Å². The molecule has 128 valence electrons. The molecule has 1 fully saturated rings. The van der Waals surface area contributed by atoms with Crippen LogP contribution in [0.15, 0.2) is 30.3 Å². The second-order valence-corrected chi connectivity index (χ2v) is 8.06. The molecule has 1 unspecified atom stereocenters. The number of Topliss-reactive ketones (excluding diaryl/α,β-unsaturated/α-hetero) is 1. The van der Waals surface area contributed by atoms with Crippen molar-refractivity contribution in [1.82, 2.24) is 9.21 Å². The Kier molecular flexibility index (Phi) is 8.93. The molecule has 1 aliphatic rings. The first-order chi connectivity index (χ1) is 11.2. The van der Waals surface area contributed by atoms with Crippen LogP contribution in [-0.4, -0.2) is 47.2 Å². The minimum absolute atomic E-state index is 0.390. The number of nitrogens with zero attached hydrogens (tertiary/aromatic N) is 2. The largest absolute Gasteiger partial charge is 0.300 e. The molecule has 3 nitrogen and oxygen atoms in total. The van der Waals surface area contributed by atoms with Crippen LogP contribution >= 0.6 is 30.3 Å². The maximum atomic E-state index is 12.4. The lowest BCUT2D eigenvalue weighted by atomic mass is 10.0. The molecule has 1 aromatic rings. The van der Waals surface area contributed by atoms with Crippen LogP contribution in [0.25, 0.3) is 0 Å². The first-order valence-electron chi connectivity index (χ1n) is 8.56. The first kappa shape index (κ1) is 19.2. The smallest absolute Gasteiger partial charge is 0.134 e. The fourth-order valence-electron chi connectivity index (χ4n) is 3.07. The highest BCUT2D eigenvalue weighted by Gasteiger charge is 2.28. The Labute approximate surface area is 156 Å². The molecule has 0 N–H and O–H groups in total. The van der Waals surface area contributed by atoms with Gasteiger partial charge in [0, 0.05) is 59.7 Å². The van der Waals surface area contributed by atoms with Crippen molar-refractivity contribution in [2.75, 3.05) is 26.2 Å². The zero-order chi connectivity index (χ0) is 16.5. The molecule has 0 aliphatic carbocycles. The number of unbranched alkanes of at least 4 members (excludes halogenated alkanes) is 1. The lowest BCUT2D eigenvalue weighted by molar-refractivity contribution is -0.120.